The highest BCUT2D eigenvalue weighted by Gasteiger charge is 2.14. The number of aliphatic carboxylic acids is 1. The molecule has 10 heteroatoms. The normalized spacial score (nSPS) is 11.7. The molecule has 1 aromatic heterocycles. The van der Waals surface area contributed by atoms with E-state index in [0.29, 0.717) is 16.4 Å². The first-order chi connectivity index (χ1) is 14.8. The van der Waals surface area contributed by atoms with Crippen molar-refractivity contribution in [3.63, 3.8) is 0 Å². The molecule has 0 radical (unpaired) electrons. The molecule has 0 aliphatic heterocycles. The van der Waals surface area contributed by atoms with E-state index in [4.69, 9.17) is 14.9 Å². The maximum absolute atomic E-state index is 12.1. The van der Waals surface area contributed by atoms with Crippen LogP contribution in [0.5, 0.6) is 5.75 Å². The summed E-state index contributed by atoms with van der Waals surface area (Å²) in [5.74, 6) is -1.85. The van der Waals surface area contributed by atoms with Crippen molar-refractivity contribution in [2.45, 2.75) is 18.9 Å². The van der Waals surface area contributed by atoms with Gasteiger partial charge in [-0.2, -0.15) is 0 Å². The molecule has 0 spiro atoms. The number of benzene rings is 2. The van der Waals surface area contributed by atoms with Crippen LogP contribution < -0.4 is 31.8 Å². The summed E-state index contributed by atoms with van der Waals surface area (Å²) in [4.78, 5) is 46.0. The standard InChI is InChI=1S/C21H21N3O7/c22-21(29)23-9-3-6-16(19(26)27)24-18(25)11-30-12-7-8-14-13-4-1-2-5-15(13)20(28)31-17(14)10-12/h1-2,4-5,7-8,10,16H,3,6,9,11H2,(H,24,25)(H,26,27)(H3,22,23,29)/p-1/t16-/m0/s1. The molecule has 2 aromatic carbocycles. The van der Waals surface area contributed by atoms with Crippen LogP contribution in [0.2, 0.25) is 0 Å². The number of fused-ring (bicyclic) bond motifs is 3. The Kier molecular flexibility index (Phi) is 6.71. The van der Waals surface area contributed by atoms with Gasteiger partial charge in [0.2, 0.25) is 0 Å². The van der Waals surface area contributed by atoms with Gasteiger partial charge in [-0.05, 0) is 36.4 Å². The number of carbonyl (C=O) groups excluding carboxylic acids is 3. The molecule has 10 nitrogen and oxygen atoms in total. The second kappa shape index (κ2) is 9.61. The number of nitrogens with one attached hydrogen (secondary N) is 2. The van der Waals surface area contributed by atoms with Crippen molar-refractivity contribution in [2.75, 3.05) is 13.2 Å². The number of hydrogen-bond acceptors (Lipinski definition) is 7. The number of carboxylic acid groups (broad SMARTS) is 1. The maximum atomic E-state index is 12.1. The summed E-state index contributed by atoms with van der Waals surface area (Å²) in [6.07, 6.45) is 0.322. The quantitative estimate of drug-likeness (QED) is 0.246. The molecule has 0 saturated heterocycles. The molecule has 31 heavy (non-hydrogen) atoms. The summed E-state index contributed by atoms with van der Waals surface area (Å²) < 4.78 is 10.7. The summed E-state index contributed by atoms with van der Waals surface area (Å²) >= 11 is 0. The van der Waals surface area contributed by atoms with Gasteiger partial charge in [-0.25, -0.2) is 9.59 Å². The van der Waals surface area contributed by atoms with Gasteiger partial charge in [-0.1, -0.05) is 18.2 Å². The van der Waals surface area contributed by atoms with Crippen molar-refractivity contribution in [1.29, 1.82) is 0 Å². The van der Waals surface area contributed by atoms with Crippen molar-refractivity contribution >= 4 is 39.6 Å². The average molecular weight is 426 g/mol. The van der Waals surface area contributed by atoms with Crippen LogP contribution in [-0.2, 0) is 9.59 Å². The van der Waals surface area contributed by atoms with Crippen molar-refractivity contribution in [3.05, 3.63) is 52.9 Å². The molecule has 1 atom stereocenters. The highest BCUT2D eigenvalue weighted by atomic mass is 16.5. The first-order valence-electron chi connectivity index (χ1n) is 9.47. The van der Waals surface area contributed by atoms with Crippen LogP contribution >= 0.6 is 0 Å². The number of amides is 3. The minimum absolute atomic E-state index is 0.0442. The van der Waals surface area contributed by atoms with Crippen LogP contribution in [-0.4, -0.2) is 37.1 Å². The van der Waals surface area contributed by atoms with Crippen LogP contribution in [0.3, 0.4) is 0 Å². The van der Waals surface area contributed by atoms with E-state index >= 15 is 0 Å². The van der Waals surface area contributed by atoms with Crippen molar-refractivity contribution < 1.29 is 28.6 Å². The van der Waals surface area contributed by atoms with Gasteiger partial charge >= 0.3 is 11.7 Å². The molecule has 3 amide bonds. The summed E-state index contributed by atoms with van der Waals surface area (Å²) in [5, 5.41) is 17.7. The highest BCUT2D eigenvalue weighted by Crippen LogP contribution is 2.26. The lowest BCUT2D eigenvalue weighted by Crippen LogP contribution is -2.49. The van der Waals surface area contributed by atoms with E-state index < -0.39 is 36.2 Å². The van der Waals surface area contributed by atoms with Gasteiger partial charge in [0.25, 0.3) is 5.91 Å². The Morgan fingerprint density at radius 1 is 1.10 bits per heavy atom. The van der Waals surface area contributed by atoms with Gasteiger partial charge in [0, 0.05) is 18.0 Å². The zero-order valence-electron chi connectivity index (χ0n) is 16.4. The Morgan fingerprint density at radius 3 is 2.55 bits per heavy atom. The number of primary amides is 1. The molecule has 3 aromatic rings. The number of rotatable bonds is 9. The number of ether oxygens (including phenoxy) is 1. The third kappa shape index (κ3) is 5.50. The fourth-order valence-corrected chi connectivity index (χ4v) is 3.10. The minimum atomic E-state index is -1.45. The Balaban J connectivity index is 1.62. The van der Waals surface area contributed by atoms with E-state index in [2.05, 4.69) is 10.6 Å². The summed E-state index contributed by atoms with van der Waals surface area (Å²) in [5.41, 5.74) is 4.74. The topological polar surface area (TPSA) is 164 Å². The van der Waals surface area contributed by atoms with E-state index in [1.54, 1.807) is 24.3 Å². The summed E-state index contributed by atoms with van der Waals surface area (Å²) in [6, 6.07) is 9.89. The first-order valence-corrected chi connectivity index (χ1v) is 9.47. The van der Waals surface area contributed by atoms with Gasteiger partial charge in [0.05, 0.1) is 17.4 Å². The van der Waals surface area contributed by atoms with E-state index in [1.165, 1.54) is 6.07 Å². The van der Waals surface area contributed by atoms with E-state index in [1.807, 2.05) is 12.1 Å². The van der Waals surface area contributed by atoms with Crippen LogP contribution in [0, 0.1) is 0 Å². The van der Waals surface area contributed by atoms with Crippen LogP contribution in [0.15, 0.2) is 51.7 Å². The molecular formula is C21H20N3O7-. The molecule has 3 rings (SSSR count). The molecule has 1 heterocycles. The molecule has 0 aliphatic carbocycles. The molecule has 0 saturated carbocycles. The lowest BCUT2D eigenvalue weighted by molar-refractivity contribution is -0.308. The lowest BCUT2D eigenvalue weighted by atomic mass is 10.1. The second-order valence-electron chi connectivity index (χ2n) is 6.75. The molecule has 162 valence electrons. The SMILES string of the molecule is NC(=O)NCCC[C@H](NC(=O)COc1ccc2c(c1)oc(=O)c1ccccc12)C(=O)[O-]. The van der Waals surface area contributed by atoms with Crippen molar-refractivity contribution in [1.82, 2.24) is 10.6 Å². The Labute approximate surface area is 176 Å². The summed E-state index contributed by atoms with van der Waals surface area (Å²) in [7, 11) is 0. The fourth-order valence-electron chi connectivity index (χ4n) is 3.10. The fraction of sp³-hybridized carbons (Fsp3) is 0.238. The van der Waals surface area contributed by atoms with Crippen LogP contribution in [0.25, 0.3) is 21.7 Å². The van der Waals surface area contributed by atoms with Crippen molar-refractivity contribution in [2.24, 2.45) is 5.73 Å². The van der Waals surface area contributed by atoms with Gasteiger partial charge < -0.3 is 35.4 Å². The zero-order chi connectivity index (χ0) is 22.4. The van der Waals surface area contributed by atoms with Gasteiger partial charge in [0.1, 0.15) is 11.3 Å². The van der Waals surface area contributed by atoms with Crippen molar-refractivity contribution in [3.8, 4) is 5.75 Å². The molecule has 4 N–H and O–H groups in total. The smallest absolute Gasteiger partial charge is 0.344 e. The van der Waals surface area contributed by atoms with Gasteiger partial charge in [-0.15, -0.1) is 0 Å². The van der Waals surface area contributed by atoms with Gasteiger partial charge in [0.15, 0.2) is 6.61 Å². The number of carboxylic acids is 1. The first kappa shape index (κ1) is 21.6. The molecule has 0 aliphatic rings. The average Bonchev–Trinajstić information content (AvgIpc) is 2.74. The number of nitrogens with two attached hydrogens (primary N) is 1. The number of hydrogen-bond donors (Lipinski definition) is 3. The van der Waals surface area contributed by atoms with E-state index in [9.17, 15) is 24.3 Å². The highest BCUT2D eigenvalue weighted by molar-refractivity contribution is 6.04. The lowest BCUT2D eigenvalue weighted by Gasteiger charge is -2.19. The van der Waals surface area contributed by atoms with Crippen LogP contribution in [0.4, 0.5) is 4.79 Å². The second-order valence-corrected chi connectivity index (χ2v) is 6.75. The largest absolute Gasteiger partial charge is 0.548 e. The maximum Gasteiger partial charge on any atom is 0.344 e. The van der Waals surface area contributed by atoms with E-state index in [-0.39, 0.29) is 25.1 Å². The minimum Gasteiger partial charge on any atom is -0.548 e. The van der Waals surface area contributed by atoms with Crippen LogP contribution in [0.1, 0.15) is 12.8 Å². The third-order valence-electron chi connectivity index (χ3n) is 4.55. The monoisotopic (exact) mass is 426 g/mol. The van der Waals surface area contributed by atoms with E-state index in [0.717, 1.165) is 5.39 Å². The zero-order valence-corrected chi connectivity index (χ0v) is 16.4. The molecule has 0 unspecified atom stereocenters. The number of urea groups is 1. The molecular weight excluding hydrogens is 406 g/mol. The summed E-state index contributed by atoms with van der Waals surface area (Å²) in [6.45, 7) is -0.283. The number of carbonyl (C=O) groups is 3. The predicted octanol–water partition coefficient (Wildman–Crippen LogP) is 0.00820. The van der Waals surface area contributed by atoms with Gasteiger partial charge in [-0.3, -0.25) is 4.79 Å². The predicted molar refractivity (Wildman–Crippen MR) is 109 cm³/mol. The Morgan fingerprint density at radius 2 is 1.84 bits per heavy atom. The third-order valence-corrected chi connectivity index (χ3v) is 4.55. The Hall–Kier alpha value is -4.08. The molecule has 0 fully saturated rings. The molecule has 0 bridgehead atoms. The Bertz CT molecular complexity index is 1190.